The number of rotatable bonds is 15. The van der Waals surface area contributed by atoms with Crippen LogP contribution in [0.1, 0.15) is 84.0 Å². The van der Waals surface area contributed by atoms with Gasteiger partial charge in [-0.2, -0.15) is 8.42 Å². The van der Waals surface area contributed by atoms with Gasteiger partial charge in [-0.1, -0.05) is 71.1 Å². The maximum absolute atomic E-state index is 10.2. The first-order valence-corrected chi connectivity index (χ1v) is 11.0. The topological polar surface area (TPSA) is 129 Å². The standard InChI is InChI=1S/C15H29.C4H6O7S.Na/c1-3-5-7-9-11-13-15-14-12-10-8-6-4-2;5-3(6)1-2(4(7)8)12(9,10)11;/h3,5H,1,4,6-15H2,2H3;2H,1H2,(H,5,6)(H,7,8)(H,9,10,11);/q-1;;+1. The third-order valence-electron chi connectivity index (χ3n) is 3.89. The monoisotopic (exact) mass is 430 g/mol. The molecule has 0 aromatic carbocycles. The zero-order valence-electron chi connectivity index (χ0n) is 17.3. The van der Waals surface area contributed by atoms with Crippen molar-refractivity contribution < 1.29 is 62.3 Å². The Morgan fingerprint density at radius 2 is 1.36 bits per heavy atom. The summed E-state index contributed by atoms with van der Waals surface area (Å²) in [4.78, 5) is 20.0. The van der Waals surface area contributed by atoms with E-state index in [4.69, 9.17) is 14.8 Å². The molecule has 0 aliphatic rings. The second-order valence-electron chi connectivity index (χ2n) is 6.38. The maximum atomic E-state index is 10.2. The van der Waals surface area contributed by atoms with Gasteiger partial charge < -0.3 is 10.2 Å². The van der Waals surface area contributed by atoms with E-state index in [1.165, 1.54) is 70.6 Å². The molecule has 7 nitrogen and oxygen atoms in total. The fourth-order valence-corrected chi connectivity index (χ4v) is 2.95. The Kier molecular flexibility index (Phi) is 24.3. The second kappa shape index (κ2) is 21.2. The largest absolute Gasteiger partial charge is 1.00 e. The number of unbranched alkanes of at least 4 members (excludes halogenated alkanes) is 10. The van der Waals surface area contributed by atoms with Crippen molar-refractivity contribution in [1.29, 1.82) is 0 Å². The van der Waals surface area contributed by atoms with Crippen LogP contribution in [-0.2, 0) is 19.7 Å². The smallest absolute Gasteiger partial charge is 0.481 e. The molecule has 0 amide bonds. The van der Waals surface area contributed by atoms with Crippen molar-refractivity contribution in [2.45, 2.75) is 89.2 Å². The molecule has 160 valence electrons. The minimum absolute atomic E-state index is 0. The molecule has 0 saturated heterocycles. The molecule has 0 fully saturated rings. The molecule has 0 radical (unpaired) electrons. The molecule has 0 spiro atoms. The van der Waals surface area contributed by atoms with Crippen LogP contribution in [0.2, 0.25) is 0 Å². The van der Waals surface area contributed by atoms with E-state index < -0.39 is 33.7 Å². The van der Waals surface area contributed by atoms with E-state index in [0.29, 0.717) is 0 Å². The third kappa shape index (κ3) is 23.5. The quantitative estimate of drug-likeness (QED) is 0.155. The Morgan fingerprint density at radius 3 is 1.64 bits per heavy atom. The van der Waals surface area contributed by atoms with Crippen molar-refractivity contribution in [3.05, 3.63) is 19.1 Å². The molecule has 0 saturated carbocycles. The Bertz CT molecular complexity index is 518. The Labute approximate surface area is 192 Å². The van der Waals surface area contributed by atoms with Crippen LogP contribution in [0.15, 0.2) is 12.2 Å². The molecule has 1 atom stereocenters. The van der Waals surface area contributed by atoms with Gasteiger partial charge in [0.15, 0.2) is 5.25 Å². The van der Waals surface area contributed by atoms with Crippen LogP contribution < -0.4 is 29.6 Å². The van der Waals surface area contributed by atoms with Gasteiger partial charge >= 0.3 is 41.5 Å². The number of carboxylic acid groups (broad SMARTS) is 2. The van der Waals surface area contributed by atoms with Gasteiger partial charge in [-0.15, -0.1) is 6.42 Å². The fourth-order valence-electron chi connectivity index (χ4n) is 2.35. The SMILES string of the molecule is O=C(O)CC(C(=O)O)S(=O)(=O)O.[CH2-]C=CCCCCCCCCCCCC.[Na+]. The fraction of sp³-hybridized carbons (Fsp3) is 0.737. The van der Waals surface area contributed by atoms with E-state index in [2.05, 4.69) is 19.9 Å². The zero-order valence-corrected chi connectivity index (χ0v) is 20.1. The van der Waals surface area contributed by atoms with Crippen LogP contribution in [-0.4, -0.2) is 40.4 Å². The second-order valence-corrected chi connectivity index (χ2v) is 7.98. The van der Waals surface area contributed by atoms with Crippen LogP contribution >= 0.6 is 0 Å². The van der Waals surface area contributed by atoms with Crippen LogP contribution in [0.4, 0.5) is 0 Å². The van der Waals surface area contributed by atoms with Gasteiger partial charge in [0.25, 0.3) is 10.1 Å². The molecule has 0 bridgehead atoms. The summed E-state index contributed by atoms with van der Waals surface area (Å²) in [6, 6.07) is 0. The molecule has 0 heterocycles. The first-order chi connectivity index (χ1) is 12.7. The Balaban J connectivity index is -0.000000441. The van der Waals surface area contributed by atoms with E-state index in [0.717, 1.165) is 0 Å². The van der Waals surface area contributed by atoms with E-state index in [1.54, 1.807) is 0 Å². The van der Waals surface area contributed by atoms with Gasteiger partial charge in [0, 0.05) is 0 Å². The predicted molar refractivity (Wildman–Crippen MR) is 106 cm³/mol. The van der Waals surface area contributed by atoms with E-state index >= 15 is 0 Å². The van der Waals surface area contributed by atoms with E-state index in [1.807, 2.05) is 6.08 Å². The van der Waals surface area contributed by atoms with E-state index in [9.17, 15) is 18.0 Å². The molecular formula is C19H35NaO7S. The molecule has 0 aromatic rings. The van der Waals surface area contributed by atoms with Crippen molar-refractivity contribution >= 4 is 22.1 Å². The normalized spacial score (nSPS) is 11.9. The molecule has 0 aromatic heterocycles. The van der Waals surface area contributed by atoms with Crippen molar-refractivity contribution in [2.24, 2.45) is 0 Å². The van der Waals surface area contributed by atoms with Gasteiger partial charge in [0.1, 0.15) is 0 Å². The summed E-state index contributed by atoms with van der Waals surface area (Å²) in [6.07, 6.45) is 18.4. The molecule has 3 N–H and O–H groups in total. The summed E-state index contributed by atoms with van der Waals surface area (Å²) in [5, 5.41) is 13.9. The number of hydrogen-bond donors (Lipinski definition) is 3. The maximum Gasteiger partial charge on any atom is 1.00 e. The summed E-state index contributed by atoms with van der Waals surface area (Å²) >= 11 is 0. The van der Waals surface area contributed by atoms with E-state index in [-0.39, 0.29) is 29.6 Å². The predicted octanol–water partition coefficient (Wildman–Crippen LogP) is 1.49. The molecule has 28 heavy (non-hydrogen) atoms. The first kappa shape index (κ1) is 32.1. The third-order valence-corrected chi connectivity index (χ3v) is 4.97. The molecule has 0 aliphatic heterocycles. The number of allylic oxidation sites excluding steroid dienone is 2. The number of carbonyl (C=O) groups is 2. The Hall–Kier alpha value is -0.540. The molecule has 9 heteroatoms. The minimum atomic E-state index is -4.84. The number of carboxylic acids is 2. The van der Waals surface area contributed by atoms with Gasteiger partial charge in [0.2, 0.25) is 0 Å². The summed E-state index contributed by atoms with van der Waals surface area (Å²) < 4.78 is 28.7. The molecule has 0 rings (SSSR count). The van der Waals surface area contributed by atoms with Gasteiger partial charge in [-0.25, -0.2) is 19.1 Å². The molecule has 0 aliphatic carbocycles. The first-order valence-electron chi connectivity index (χ1n) is 9.51. The zero-order chi connectivity index (χ0) is 21.1. The van der Waals surface area contributed by atoms with Crippen molar-refractivity contribution in [1.82, 2.24) is 0 Å². The average molecular weight is 431 g/mol. The van der Waals surface area contributed by atoms with Gasteiger partial charge in [0.05, 0.1) is 6.42 Å². The van der Waals surface area contributed by atoms with Crippen molar-refractivity contribution in [2.75, 3.05) is 0 Å². The van der Waals surface area contributed by atoms with Crippen LogP contribution in [0, 0.1) is 6.92 Å². The summed E-state index contributed by atoms with van der Waals surface area (Å²) in [7, 11) is -4.84. The van der Waals surface area contributed by atoms with Crippen molar-refractivity contribution in [3.8, 4) is 0 Å². The average Bonchev–Trinajstić information content (AvgIpc) is 2.57. The van der Waals surface area contributed by atoms with Crippen LogP contribution in [0.25, 0.3) is 0 Å². The summed E-state index contributed by atoms with van der Waals surface area (Å²) in [6.45, 7) is 5.97. The molecular weight excluding hydrogens is 395 g/mol. The molecule has 1 unspecified atom stereocenters. The number of aliphatic carboxylic acids is 2. The minimum Gasteiger partial charge on any atom is -0.481 e. The van der Waals surface area contributed by atoms with Crippen LogP contribution in [0.5, 0.6) is 0 Å². The Morgan fingerprint density at radius 1 is 0.929 bits per heavy atom. The van der Waals surface area contributed by atoms with Crippen LogP contribution in [0.3, 0.4) is 0 Å². The van der Waals surface area contributed by atoms with Gasteiger partial charge in [-0.05, 0) is 0 Å². The van der Waals surface area contributed by atoms with Crippen molar-refractivity contribution in [3.63, 3.8) is 0 Å². The van der Waals surface area contributed by atoms with Gasteiger partial charge in [-0.3, -0.25) is 14.1 Å². The number of hydrogen-bond acceptors (Lipinski definition) is 4. The summed E-state index contributed by atoms with van der Waals surface area (Å²) in [5.41, 5.74) is 0. The summed E-state index contributed by atoms with van der Waals surface area (Å²) in [5.74, 6) is -3.50.